The normalized spacial score (nSPS) is 9.58. The number of benzene rings is 1. The Labute approximate surface area is 70.3 Å². The van der Waals surface area contributed by atoms with Crippen LogP contribution in [0, 0.1) is 6.57 Å². The Morgan fingerprint density at radius 2 is 2.08 bits per heavy atom. The van der Waals surface area contributed by atoms with Crippen LogP contribution in [-0.2, 0) is 0 Å². The summed E-state index contributed by atoms with van der Waals surface area (Å²) in [4.78, 5) is 7.61. The van der Waals surface area contributed by atoms with Crippen LogP contribution in [0.5, 0.6) is 0 Å². The van der Waals surface area contributed by atoms with E-state index in [0.29, 0.717) is 0 Å². The van der Waals surface area contributed by atoms with Crippen LogP contribution in [0.3, 0.4) is 0 Å². The maximum Gasteiger partial charge on any atom is 0.340 e. The molecule has 1 aromatic heterocycles. The van der Waals surface area contributed by atoms with Crippen molar-refractivity contribution in [2.45, 2.75) is 0 Å². The zero-order chi connectivity index (χ0) is 8.39. The van der Waals surface area contributed by atoms with Crippen molar-refractivity contribution < 1.29 is 0 Å². The van der Waals surface area contributed by atoms with E-state index in [0.717, 1.165) is 16.5 Å². The highest BCUT2D eigenvalue weighted by Crippen LogP contribution is 2.19. The van der Waals surface area contributed by atoms with Gasteiger partial charge in [0.2, 0.25) is 0 Å². The molecule has 0 fully saturated rings. The van der Waals surface area contributed by atoms with Crippen molar-refractivity contribution in [1.29, 1.82) is 0 Å². The maximum absolute atomic E-state index is 5.15. The Balaban J connectivity index is 2.78. The highest BCUT2D eigenvalue weighted by Gasteiger charge is 2.00. The van der Waals surface area contributed by atoms with Crippen LogP contribution in [-0.4, -0.2) is 4.98 Å². The third-order valence-corrected chi connectivity index (χ3v) is 1.77. The third kappa shape index (κ3) is 1.02. The predicted octanol–water partition coefficient (Wildman–Crippen LogP) is 2.83. The summed E-state index contributed by atoms with van der Waals surface area (Å²) in [7, 11) is 0. The van der Waals surface area contributed by atoms with Gasteiger partial charge in [-0.25, -0.2) is 0 Å². The van der Waals surface area contributed by atoms with Crippen LogP contribution in [0.4, 0.5) is 5.69 Å². The smallest absolute Gasteiger partial charge is 0.264 e. The number of hydrogen-bond donors (Lipinski definition) is 0. The predicted molar refractivity (Wildman–Crippen MR) is 49.7 cm³/mol. The van der Waals surface area contributed by atoms with Crippen LogP contribution in [0.25, 0.3) is 15.6 Å². The van der Waals surface area contributed by atoms with Gasteiger partial charge in [0.1, 0.15) is 0 Å². The van der Waals surface area contributed by atoms with Crippen molar-refractivity contribution in [3.8, 4) is 6.57 Å². The molecule has 0 radical (unpaired) electrons. The monoisotopic (exact) mass is 155 g/mol. The molecule has 2 aromatic rings. The fraction of sp³-hybridized carbons (Fsp3) is 0. The topological polar surface area (TPSA) is 17.2 Å². The molecule has 0 N–H and O–H groups in total. The Bertz CT molecular complexity index is 455. The van der Waals surface area contributed by atoms with Crippen LogP contribution < -0.4 is 0 Å². The number of nitrogens with zero attached hydrogens (tertiary/aromatic N) is 2. The van der Waals surface area contributed by atoms with Crippen LogP contribution in [0.15, 0.2) is 36.7 Å². The first-order chi connectivity index (χ1) is 5.90. The number of hydrogen-bond acceptors (Lipinski definition) is 1. The lowest BCUT2D eigenvalue weighted by Crippen LogP contribution is -1.72. The average molecular weight is 155 g/mol. The highest BCUT2D eigenvalue weighted by molar-refractivity contribution is 5.84. The number of pyridine rings is 1. The van der Waals surface area contributed by atoms with Gasteiger partial charge in [0.05, 0.1) is 0 Å². The van der Waals surface area contributed by atoms with E-state index in [1.807, 2.05) is 30.5 Å². The molecule has 0 saturated carbocycles. The minimum Gasteiger partial charge on any atom is -0.264 e. The van der Waals surface area contributed by atoms with Crippen LogP contribution in [0.2, 0.25) is 0 Å². The Kier molecular flexibility index (Phi) is 1.49. The molecule has 0 aliphatic heterocycles. The molecular formula is C10H7N2+. The van der Waals surface area contributed by atoms with E-state index in [1.165, 1.54) is 0 Å². The number of aromatic nitrogens is 1. The van der Waals surface area contributed by atoms with Gasteiger partial charge in [-0.15, -0.1) is 0 Å². The second-order valence-electron chi connectivity index (χ2n) is 2.54. The van der Waals surface area contributed by atoms with Crippen molar-refractivity contribution in [1.82, 2.24) is 4.98 Å². The second kappa shape index (κ2) is 2.63. The SMILES string of the molecule is C#[N+]c1ccc2cnccc2c1. The van der Waals surface area contributed by atoms with E-state index < -0.39 is 0 Å². The van der Waals surface area contributed by atoms with E-state index in [9.17, 15) is 0 Å². The molecule has 0 aliphatic rings. The molecule has 0 atom stereocenters. The minimum absolute atomic E-state index is 0.786. The quantitative estimate of drug-likeness (QED) is 0.571. The first-order valence-electron chi connectivity index (χ1n) is 3.65. The molecule has 56 valence electrons. The lowest BCUT2D eigenvalue weighted by atomic mass is 10.2. The first-order valence-corrected chi connectivity index (χ1v) is 3.65. The van der Waals surface area contributed by atoms with E-state index in [2.05, 4.69) is 9.83 Å². The zero-order valence-electron chi connectivity index (χ0n) is 6.44. The van der Waals surface area contributed by atoms with E-state index in [4.69, 9.17) is 6.57 Å². The molecule has 2 nitrogen and oxygen atoms in total. The van der Waals surface area contributed by atoms with Gasteiger partial charge in [0, 0.05) is 29.9 Å². The molecule has 2 rings (SSSR count). The van der Waals surface area contributed by atoms with Crippen molar-refractivity contribution in [3.05, 3.63) is 41.5 Å². The zero-order valence-corrected chi connectivity index (χ0v) is 6.44. The largest absolute Gasteiger partial charge is 0.340 e. The van der Waals surface area contributed by atoms with Gasteiger partial charge >= 0.3 is 5.69 Å². The molecule has 0 bridgehead atoms. The summed E-state index contributed by atoms with van der Waals surface area (Å²) < 4.78 is 0. The molecule has 1 aromatic carbocycles. The van der Waals surface area contributed by atoms with Crippen LogP contribution in [0.1, 0.15) is 0 Å². The summed E-state index contributed by atoms with van der Waals surface area (Å²) >= 11 is 0. The molecule has 0 unspecified atom stereocenters. The van der Waals surface area contributed by atoms with Crippen molar-refractivity contribution in [2.75, 3.05) is 0 Å². The molecule has 1 heterocycles. The van der Waals surface area contributed by atoms with Gasteiger partial charge in [-0.3, -0.25) is 4.98 Å². The molecule has 0 saturated heterocycles. The second-order valence-corrected chi connectivity index (χ2v) is 2.54. The van der Waals surface area contributed by atoms with Gasteiger partial charge in [0.25, 0.3) is 6.57 Å². The van der Waals surface area contributed by atoms with E-state index in [-0.39, 0.29) is 0 Å². The van der Waals surface area contributed by atoms with E-state index >= 15 is 0 Å². The molecule has 0 aliphatic carbocycles. The summed E-state index contributed by atoms with van der Waals surface area (Å²) in [6, 6.07) is 7.68. The molecule has 0 spiro atoms. The average Bonchev–Trinajstić information content (AvgIpc) is 2.17. The lowest BCUT2D eigenvalue weighted by Gasteiger charge is -1.91. The number of rotatable bonds is 0. The fourth-order valence-corrected chi connectivity index (χ4v) is 1.15. The maximum atomic E-state index is 5.15. The van der Waals surface area contributed by atoms with Crippen molar-refractivity contribution >= 4 is 16.5 Å². The van der Waals surface area contributed by atoms with Crippen LogP contribution >= 0.6 is 0 Å². The molecule has 12 heavy (non-hydrogen) atoms. The van der Waals surface area contributed by atoms with Gasteiger partial charge < -0.3 is 0 Å². The Hall–Kier alpha value is -1.88. The van der Waals surface area contributed by atoms with Gasteiger partial charge in [-0.1, -0.05) is 0 Å². The Morgan fingerprint density at radius 3 is 2.92 bits per heavy atom. The van der Waals surface area contributed by atoms with Gasteiger partial charge in [-0.05, 0) is 22.4 Å². The summed E-state index contributed by atoms with van der Waals surface area (Å²) in [5.41, 5.74) is 0.786. The van der Waals surface area contributed by atoms with E-state index in [1.54, 1.807) is 6.20 Å². The standard InChI is InChI=1S/C10H7N2/c1-11-10-3-2-9-7-12-5-4-8(9)6-10/h1-7H/q+1. The first kappa shape index (κ1) is 6.81. The molecule has 0 amide bonds. The summed E-state index contributed by atoms with van der Waals surface area (Å²) in [5.74, 6) is 0. The fourth-order valence-electron chi connectivity index (χ4n) is 1.15. The third-order valence-electron chi connectivity index (χ3n) is 1.77. The molecule has 2 heteroatoms. The highest BCUT2D eigenvalue weighted by atomic mass is 14.6. The summed E-state index contributed by atoms with van der Waals surface area (Å²) in [6.45, 7) is 5.15. The van der Waals surface area contributed by atoms with Gasteiger partial charge in [0.15, 0.2) is 0 Å². The Morgan fingerprint density at radius 1 is 1.17 bits per heavy atom. The minimum atomic E-state index is 0.786. The van der Waals surface area contributed by atoms with Gasteiger partial charge in [-0.2, -0.15) is 0 Å². The number of fused-ring (bicyclic) bond motifs is 1. The van der Waals surface area contributed by atoms with Crippen molar-refractivity contribution in [3.63, 3.8) is 0 Å². The summed E-state index contributed by atoms with van der Waals surface area (Å²) in [6.07, 6.45) is 3.57. The summed E-state index contributed by atoms with van der Waals surface area (Å²) in [5, 5.41) is 2.21. The molecular weight excluding hydrogens is 148 g/mol. The van der Waals surface area contributed by atoms with Crippen molar-refractivity contribution in [2.24, 2.45) is 0 Å². The lowest BCUT2D eigenvalue weighted by molar-refractivity contribution is 1.36.